The van der Waals surface area contributed by atoms with Gasteiger partial charge < -0.3 is 4.74 Å². The molecule has 0 spiro atoms. The number of hydrogen-bond donors (Lipinski definition) is 1. The lowest BCUT2D eigenvalue weighted by molar-refractivity contribution is 0.181. The number of fused-ring (bicyclic) bond motifs is 3. The molecule has 0 amide bonds. The molecule has 0 unspecified atom stereocenters. The summed E-state index contributed by atoms with van der Waals surface area (Å²) in [6.07, 6.45) is 1.49. The fraction of sp³-hybridized carbons (Fsp3) is 0.235. The number of thiol groups is 1. The van der Waals surface area contributed by atoms with E-state index in [1.807, 2.05) is 30.3 Å². The number of rotatable bonds is 5. The van der Waals surface area contributed by atoms with Gasteiger partial charge in [0.25, 0.3) is 5.56 Å². The number of aromatic nitrogens is 6. The minimum Gasteiger partial charge on any atom is -0.378 e. The largest absolute Gasteiger partial charge is 0.378 e. The predicted octanol–water partition coefficient (Wildman–Crippen LogP) is 1.58. The van der Waals surface area contributed by atoms with Crippen molar-refractivity contribution < 1.29 is 4.74 Å². The zero-order chi connectivity index (χ0) is 18.1. The van der Waals surface area contributed by atoms with E-state index in [2.05, 4.69) is 32.9 Å². The minimum absolute atomic E-state index is 0.174. The Balaban J connectivity index is 2.04. The van der Waals surface area contributed by atoms with Crippen LogP contribution < -0.4 is 5.56 Å². The molecule has 0 aliphatic rings. The van der Waals surface area contributed by atoms with Crippen LogP contribution in [0.5, 0.6) is 0 Å². The van der Waals surface area contributed by atoms with Crippen molar-refractivity contribution in [3.63, 3.8) is 0 Å². The Morgan fingerprint density at radius 1 is 1.15 bits per heavy atom. The van der Waals surface area contributed by atoms with Crippen LogP contribution in [-0.2, 0) is 17.9 Å². The molecule has 1 aromatic carbocycles. The lowest BCUT2D eigenvalue weighted by Gasteiger charge is -2.04. The zero-order valence-corrected chi connectivity index (χ0v) is 14.9. The Labute approximate surface area is 153 Å². The molecule has 0 saturated carbocycles. The van der Waals surface area contributed by atoms with Crippen LogP contribution in [0.4, 0.5) is 0 Å². The van der Waals surface area contributed by atoms with Crippen molar-refractivity contribution >= 4 is 29.4 Å². The van der Waals surface area contributed by atoms with E-state index in [1.54, 1.807) is 11.6 Å². The first-order valence-corrected chi connectivity index (χ1v) is 8.66. The molecule has 0 N–H and O–H groups in total. The van der Waals surface area contributed by atoms with E-state index in [4.69, 9.17) is 4.74 Å². The molecular formula is C17H16N6O2S. The number of nitrogens with zero attached hydrogens (tertiary/aromatic N) is 6. The summed E-state index contributed by atoms with van der Waals surface area (Å²) >= 11 is 4.16. The van der Waals surface area contributed by atoms with Gasteiger partial charge in [-0.15, -0.1) is 10.2 Å². The summed E-state index contributed by atoms with van der Waals surface area (Å²) in [5.41, 5.74) is 3.30. The number of hydrogen-bond acceptors (Lipinski definition) is 7. The second-order valence-corrected chi connectivity index (χ2v) is 6.14. The Bertz CT molecular complexity index is 1140. The fourth-order valence-corrected chi connectivity index (χ4v) is 3.12. The van der Waals surface area contributed by atoms with E-state index in [1.165, 1.54) is 10.9 Å². The summed E-state index contributed by atoms with van der Waals surface area (Å²) in [4.78, 5) is 17.0. The molecule has 26 heavy (non-hydrogen) atoms. The van der Waals surface area contributed by atoms with Gasteiger partial charge in [0.2, 0.25) is 0 Å². The van der Waals surface area contributed by atoms with Gasteiger partial charge in [-0.3, -0.25) is 9.36 Å². The Kier molecular flexibility index (Phi) is 4.39. The minimum atomic E-state index is -0.261. The van der Waals surface area contributed by atoms with Crippen LogP contribution in [0.2, 0.25) is 0 Å². The van der Waals surface area contributed by atoms with Gasteiger partial charge in [-0.05, 0) is 5.56 Å². The topological polar surface area (TPSA) is 87.2 Å². The first kappa shape index (κ1) is 16.7. The molecule has 0 radical (unpaired) electrons. The van der Waals surface area contributed by atoms with E-state index in [0.29, 0.717) is 35.9 Å². The number of benzene rings is 1. The Hall–Kier alpha value is -2.78. The van der Waals surface area contributed by atoms with Crippen LogP contribution in [0.25, 0.3) is 27.9 Å². The molecule has 132 valence electrons. The van der Waals surface area contributed by atoms with Gasteiger partial charge in [0, 0.05) is 19.4 Å². The third-order valence-electron chi connectivity index (χ3n) is 4.06. The average molecular weight is 368 g/mol. The van der Waals surface area contributed by atoms with Gasteiger partial charge in [-0.1, -0.05) is 30.3 Å². The molecule has 4 rings (SSSR count). The van der Waals surface area contributed by atoms with Crippen molar-refractivity contribution in [2.45, 2.75) is 13.2 Å². The van der Waals surface area contributed by atoms with E-state index in [-0.39, 0.29) is 11.1 Å². The Morgan fingerprint density at radius 3 is 2.69 bits per heavy atom. The van der Waals surface area contributed by atoms with E-state index in [9.17, 15) is 4.79 Å². The van der Waals surface area contributed by atoms with Crippen LogP contribution in [0.3, 0.4) is 0 Å². The van der Waals surface area contributed by atoms with E-state index >= 15 is 0 Å². The van der Waals surface area contributed by atoms with Gasteiger partial charge >= 0.3 is 0 Å². The summed E-state index contributed by atoms with van der Waals surface area (Å²) in [7, 11) is 1.61. The van der Waals surface area contributed by atoms with Crippen LogP contribution >= 0.6 is 12.6 Å². The molecule has 4 aromatic rings. The maximum absolute atomic E-state index is 12.6. The molecule has 0 aliphatic carbocycles. The van der Waals surface area contributed by atoms with Crippen molar-refractivity contribution in [2.75, 3.05) is 12.9 Å². The highest BCUT2D eigenvalue weighted by Crippen LogP contribution is 2.28. The monoisotopic (exact) mass is 368 g/mol. The van der Waals surface area contributed by atoms with Crippen molar-refractivity contribution in [3.05, 3.63) is 52.7 Å². The third kappa shape index (κ3) is 2.65. The third-order valence-corrected chi connectivity index (χ3v) is 4.26. The first-order valence-electron chi connectivity index (χ1n) is 8.03. The van der Waals surface area contributed by atoms with Gasteiger partial charge in [0.1, 0.15) is 6.33 Å². The second kappa shape index (κ2) is 6.85. The molecule has 0 aliphatic heterocycles. The quantitative estimate of drug-likeness (QED) is 0.538. The average Bonchev–Trinajstić information content (AvgIpc) is 3.03. The molecular weight excluding hydrogens is 352 g/mol. The molecule has 0 atom stereocenters. The van der Waals surface area contributed by atoms with Gasteiger partial charge in [-0.2, -0.15) is 22.2 Å². The molecule has 3 heterocycles. The van der Waals surface area contributed by atoms with Crippen LogP contribution in [-0.4, -0.2) is 42.2 Å². The lowest BCUT2D eigenvalue weighted by Crippen LogP contribution is -2.23. The maximum atomic E-state index is 12.6. The highest BCUT2D eigenvalue weighted by atomic mass is 32.1. The van der Waals surface area contributed by atoms with E-state index in [0.717, 1.165) is 11.1 Å². The standard InChI is InChI=1S/C17H16N6O2S/c1-25-9-12-13(11-5-3-2-4-6-11)15-20-19-14-16(23(15)21-12)18-10-22(7-8-26)17(14)24/h2-6,10,26H,7-9H2,1H3. The van der Waals surface area contributed by atoms with Gasteiger partial charge in [0.05, 0.1) is 17.9 Å². The smallest absolute Gasteiger partial charge is 0.283 e. The molecule has 0 bridgehead atoms. The molecule has 8 nitrogen and oxygen atoms in total. The van der Waals surface area contributed by atoms with Crippen LogP contribution in [0.15, 0.2) is 41.5 Å². The highest BCUT2D eigenvalue weighted by Gasteiger charge is 2.20. The molecule has 0 fully saturated rings. The predicted molar refractivity (Wildman–Crippen MR) is 100 cm³/mol. The van der Waals surface area contributed by atoms with Crippen molar-refractivity contribution in [1.29, 1.82) is 0 Å². The molecule has 3 aromatic heterocycles. The molecule has 9 heteroatoms. The number of aryl methyl sites for hydroxylation is 1. The zero-order valence-electron chi connectivity index (χ0n) is 14.0. The van der Waals surface area contributed by atoms with Gasteiger partial charge in [0.15, 0.2) is 16.8 Å². The summed E-state index contributed by atoms with van der Waals surface area (Å²) in [6, 6.07) is 9.77. The summed E-state index contributed by atoms with van der Waals surface area (Å²) in [5, 5.41) is 13.0. The summed E-state index contributed by atoms with van der Waals surface area (Å²) in [5.74, 6) is 0.528. The second-order valence-electron chi connectivity index (χ2n) is 5.70. The van der Waals surface area contributed by atoms with Gasteiger partial charge in [-0.25, -0.2) is 4.98 Å². The fourth-order valence-electron chi connectivity index (χ4n) is 2.91. The first-order chi connectivity index (χ1) is 12.7. The summed E-state index contributed by atoms with van der Waals surface area (Å²) in [6.45, 7) is 0.764. The van der Waals surface area contributed by atoms with Crippen LogP contribution in [0.1, 0.15) is 5.69 Å². The summed E-state index contributed by atoms with van der Waals surface area (Å²) < 4.78 is 8.31. The normalized spacial score (nSPS) is 11.5. The lowest BCUT2D eigenvalue weighted by atomic mass is 10.1. The van der Waals surface area contributed by atoms with Crippen molar-refractivity contribution in [3.8, 4) is 11.1 Å². The Morgan fingerprint density at radius 2 is 1.96 bits per heavy atom. The maximum Gasteiger partial charge on any atom is 0.283 e. The van der Waals surface area contributed by atoms with Crippen molar-refractivity contribution in [1.82, 2.24) is 29.4 Å². The highest BCUT2D eigenvalue weighted by molar-refractivity contribution is 7.80. The SMILES string of the molecule is COCc1nn2c(nnc3c(=O)n(CCS)cnc32)c1-c1ccccc1. The molecule has 0 saturated heterocycles. The van der Waals surface area contributed by atoms with Crippen LogP contribution in [0, 0.1) is 0 Å². The number of ether oxygens (including phenoxy) is 1. The number of methoxy groups -OCH3 is 1. The van der Waals surface area contributed by atoms with E-state index < -0.39 is 0 Å². The van der Waals surface area contributed by atoms with Crippen molar-refractivity contribution in [2.24, 2.45) is 0 Å².